The summed E-state index contributed by atoms with van der Waals surface area (Å²) in [6, 6.07) is 1.74. The van der Waals surface area contributed by atoms with Crippen molar-refractivity contribution >= 4 is 21.4 Å². The Kier molecular flexibility index (Phi) is 5.57. The molecule has 0 saturated carbocycles. The highest BCUT2D eigenvalue weighted by Crippen LogP contribution is 2.24. The zero-order valence-corrected chi connectivity index (χ0v) is 13.6. The Balaban J connectivity index is 1.79. The maximum absolute atomic E-state index is 12.2. The van der Waals surface area contributed by atoms with Gasteiger partial charge in [-0.05, 0) is 32.9 Å². The van der Waals surface area contributed by atoms with E-state index in [0.717, 1.165) is 49.0 Å². The maximum atomic E-state index is 12.2. The number of rotatable bonds is 6. The molecule has 2 rings (SSSR count). The molecule has 114 valence electrons. The molecule has 5 nitrogen and oxygen atoms in total. The molecule has 1 aromatic heterocycles. The van der Waals surface area contributed by atoms with Gasteiger partial charge in [0.25, 0.3) is 0 Å². The van der Waals surface area contributed by atoms with Crippen LogP contribution in [0.3, 0.4) is 0 Å². The Morgan fingerprint density at radius 1 is 1.35 bits per heavy atom. The zero-order chi connectivity index (χ0) is 14.6. The van der Waals surface area contributed by atoms with Crippen LogP contribution in [-0.2, 0) is 14.8 Å². The molecule has 0 aromatic carbocycles. The lowest BCUT2D eigenvalue weighted by atomic mass is 10.3. The first-order valence-electron chi connectivity index (χ1n) is 6.86. The predicted octanol–water partition coefficient (Wildman–Crippen LogP) is 1.37. The Morgan fingerprint density at radius 3 is 2.65 bits per heavy atom. The summed E-state index contributed by atoms with van der Waals surface area (Å²) in [5.74, 6) is 0. The Hall–Kier alpha value is -0.470. The predicted molar refractivity (Wildman–Crippen MR) is 80.9 cm³/mol. The van der Waals surface area contributed by atoms with Crippen LogP contribution < -0.4 is 4.72 Å². The first kappa shape index (κ1) is 15.9. The van der Waals surface area contributed by atoms with Crippen molar-refractivity contribution in [1.29, 1.82) is 0 Å². The minimum atomic E-state index is -3.36. The smallest absolute Gasteiger partial charge is 0.241 e. The van der Waals surface area contributed by atoms with Crippen LogP contribution in [0, 0.1) is 13.8 Å². The molecule has 7 heteroatoms. The third-order valence-electron chi connectivity index (χ3n) is 3.33. The van der Waals surface area contributed by atoms with Gasteiger partial charge in [0, 0.05) is 29.4 Å². The second-order valence-electron chi connectivity index (χ2n) is 4.98. The summed E-state index contributed by atoms with van der Waals surface area (Å²) in [7, 11) is -3.36. The Bertz CT molecular complexity index is 534. The number of thiophene rings is 1. The number of ether oxygens (including phenoxy) is 1. The van der Waals surface area contributed by atoms with Crippen molar-refractivity contribution in [1.82, 2.24) is 9.62 Å². The maximum Gasteiger partial charge on any atom is 0.241 e. The van der Waals surface area contributed by atoms with Crippen molar-refractivity contribution in [2.75, 3.05) is 39.4 Å². The summed E-state index contributed by atoms with van der Waals surface area (Å²) in [5, 5.41) is 0. The number of morpholine rings is 1. The fraction of sp³-hybridized carbons (Fsp3) is 0.692. The molecule has 0 spiro atoms. The average Bonchev–Trinajstić information content (AvgIpc) is 2.76. The highest BCUT2D eigenvalue weighted by atomic mass is 32.2. The molecule has 20 heavy (non-hydrogen) atoms. The molecule has 1 aliphatic heterocycles. The van der Waals surface area contributed by atoms with Crippen molar-refractivity contribution in [2.45, 2.75) is 25.2 Å². The van der Waals surface area contributed by atoms with Gasteiger partial charge in [0.2, 0.25) is 10.0 Å². The lowest BCUT2D eigenvalue weighted by Crippen LogP contribution is -2.38. The summed E-state index contributed by atoms with van der Waals surface area (Å²) in [5.41, 5.74) is 0. The van der Waals surface area contributed by atoms with E-state index in [1.54, 1.807) is 6.07 Å². The minimum Gasteiger partial charge on any atom is -0.379 e. The molecule has 0 atom stereocenters. The van der Waals surface area contributed by atoms with Crippen LogP contribution in [-0.4, -0.2) is 52.7 Å². The number of aryl methyl sites for hydroxylation is 2. The molecule has 1 aromatic rings. The molecular weight excluding hydrogens is 296 g/mol. The number of sulfonamides is 1. The first-order chi connectivity index (χ1) is 9.49. The molecule has 1 fully saturated rings. The molecular formula is C13H22N2O3S2. The van der Waals surface area contributed by atoms with Crippen LogP contribution >= 0.6 is 11.3 Å². The van der Waals surface area contributed by atoms with Crippen LogP contribution in [0.1, 0.15) is 16.2 Å². The van der Waals surface area contributed by atoms with Gasteiger partial charge in [-0.25, -0.2) is 13.1 Å². The van der Waals surface area contributed by atoms with Crippen LogP contribution in [0.4, 0.5) is 0 Å². The molecule has 0 aliphatic carbocycles. The lowest BCUT2D eigenvalue weighted by Gasteiger charge is -2.26. The lowest BCUT2D eigenvalue weighted by molar-refractivity contribution is 0.0376. The van der Waals surface area contributed by atoms with E-state index in [1.807, 2.05) is 13.8 Å². The van der Waals surface area contributed by atoms with E-state index in [2.05, 4.69) is 9.62 Å². The van der Waals surface area contributed by atoms with Crippen LogP contribution in [0.25, 0.3) is 0 Å². The van der Waals surface area contributed by atoms with Gasteiger partial charge >= 0.3 is 0 Å². The molecule has 0 bridgehead atoms. The topological polar surface area (TPSA) is 58.6 Å². The summed E-state index contributed by atoms with van der Waals surface area (Å²) >= 11 is 1.52. The number of hydrogen-bond acceptors (Lipinski definition) is 5. The number of hydrogen-bond donors (Lipinski definition) is 1. The average molecular weight is 318 g/mol. The standard InChI is InChI=1S/C13H22N2O3S2/c1-11-10-13(12(2)19-11)20(16,17)14-4-3-5-15-6-8-18-9-7-15/h10,14H,3-9H2,1-2H3. The normalized spacial score (nSPS) is 17.5. The van der Waals surface area contributed by atoms with Crippen molar-refractivity contribution in [3.05, 3.63) is 15.8 Å². The minimum absolute atomic E-state index is 0.423. The summed E-state index contributed by atoms with van der Waals surface area (Å²) in [6.45, 7) is 8.60. The number of nitrogens with one attached hydrogen (secondary N) is 1. The van der Waals surface area contributed by atoms with Crippen LogP contribution in [0.5, 0.6) is 0 Å². The quantitative estimate of drug-likeness (QED) is 0.805. The van der Waals surface area contributed by atoms with Crippen molar-refractivity contribution in [3.63, 3.8) is 0 Å². The van der Waals surface area contributed by atoms with Crippen molar-refractivity contribution in [3.8, 4) is 0 Å². The summed E-state index contributed by atoms with van der Waals surface area (Å²) in [4.78, 5) is 4.60. The highest BCUT2D eigenvalue weighted by molar-refractivity contribution is 7.89. The molecule has 0 radical (unpaired) electrons. The highest BCUT2D eigenvalue weighted by Gasteiger charge is 2.18. The van der Waals surface area contributed by atoms with E-state index in [-0.39, 0.29) is 0 Å². The molecule has 1 aliphatic rings. The van der Waals surface area contributed by atoms with E-state index >= 15 is 0 Å². The molecule has 0 amide bonds. The molecule has 0 unspecified atom stereocenters. The second kappa shape index (κ2) is 7.00. The van der Waals surface area contributed by atoms with Crippen LogP contribution in [0.15, 0.2) is 11.0 Å². The third-order valence-corrected chi connectivity index (χ3v) is 6.01. The fourth-order valence-corrected chi connectivity index (χ4v) is 4.91. The van der Waals surface area contributed by atoms with Gasteiger partial charge < -0.3 is 4.74 Å². The van der Waals surface area contributed by atoms with Crippen molar-refractivity contribution in [2.24, 2.45) is 0 Å². The third kappa shape index (κ3) is 4.26. The van der Waals surface area contributed by atoms with Gasteiger partial charge in [-0.3, -0.25) is 4.90 Å². The SMILES string of the molecule is Cc1cc(S(=O)(=O)NCCCN2CCOCC2)c(C)s1. The van der Waals surface area contributed by atoms with E-state index < -0.39 is 10.0 Å². The van der Waals surface area contributed by atoms with E-state index in [1.165, 1.54) is 11.3 Å². The van der Waals surface area contributed by atoms with Gasteiger partial charge in [-0.15, -0.1) is 11.3 Å². The van der Waals surface area contributed by atoms with Gasteiger partial charge in [-0.1, -0.05) is 0 Å². The zero-order valence-electron chi connectivity index (χ0n) is 12.0. The summed E-state index contributed by atoms with van der Waals surface area (Å²) in [6.07, 6.45) is 0.821. The monoisotopic (exact) mass is 318 g/mol. The van der Waals surface area contributed by atoms with Gasteiger partial charge in [-0.2, -0.15) is 0 Å². The molecule has 2 heterocycles. The van der Waals surface area contributed by atoms with E-state index in [9.17, 15) is 8.42 Å². The second-order valence-corrected chi connectivity index (χ2v) is 8.18. The van der Waals surface area contributed by atoms with E-state index in [4.69, 9.17) is 4.74 Å². The fourth-order valence-electron chi connectivity index (χ4n) is 2.29. The summed E-state index contributed by atoms with van der Waals surface area (Å²) < 4.78 is 32.3. The first-order valence-corrected chi connectivity index (χ1v) is 9.16. The Labute approximate surface area is 125 Å². The van der Waals surface area contributed by atoms with Crippen LogP contribution in [0.2, 0.25) is 0 Å². The van der Waals surface area contributed by atoms with Gasteiger partial charge in [0.1, 0.15) is 0 Å². The Morgan fingerprint density at radius 2 is 2.05 bits per heavy atom. The largest absolute Gasteiger partial charge is 0.379 e. The van der Waals surface area contributed by atoms with Crippen molar-refractivity contribution < 1.29 is 13.2 Å². The van der Waals surface area contributed by atoms with E-state index in [0.29, 0.717) is 11.4 Å². The molecule has 1 N–H and O–H groups in total. The van der Waals surface area contributed by atoms with Gasteiger partial charge in [0.15, 0.2) is 0 Å². The number of nitrogens with zero attached hydrogens (tertiary/aromatic N) is 1. The van der Waals surface area contributed by atoms with Gasteiger partial charge in [0.05, 0.1) is 18.1 Å². The molecule has 1 saturated heterocycles.